The summed E-state index contributed by atoms with van der Waals surface area (Å²) >= 11 is 0. The molecule has 154 valence electrons. The van der Waals surface area contributed by atoms with Crippen LogP contribution in [0.25, 0.3) is 0 Å². The lowest BCUT2D eigenvalue weighted by molar-refractivity contribution is -0.123. The summed E-state index contributed by atoms with van der Waals surface area (Å²) in [5.41, 5.74) is 5.57. The molecular formula is C22H27FN4O2. The van der Waals surface area contributed by atoms with E-state index in [0.29, 0.717) is 17.0 Å². The van der Waals surface area contributed by atoms with Gasteiger partial charge in [-0.3, -0.25) is 4.79 Å². The number of nitrogens with zero attached hydrogens (tertiary/aromatic N) is 3. The molecule has 0 aliphatic carbocycles. The summed E-state index contributed by atoms with van der Waals surface area (Å²) in [6.45, 7) is 3.52. The molecule has 0 aromatic heterocycles. The molecule has 1 aliphatic heterocycles. The van der Waals surface area contributed by atoms with Crippen LogP contribution in [-0.4, -0.2) is 45.9 Å². The molecule has 1 fully saturated rings. The Hall–Kier alpha value is -3.09. The van der Waals surface area contributed by atoms with E-state index in [2.05, 4.69) is 15.4 Å². The maximum atomic E-state index is 14.5. The summed E-state index contributed by atoms with van der Waals surface area (Å²) in [6.07, 6.45) is 3.64. The molecule has 0 bridgehead atoms. The summed E-state index contributed by atoms with van der Waals surface area (Å²) in [5, 5.41) is 3.94. The maximum absolute atomic E-state index is 14.5. The van der Waals surface area contributed by atoms with Gasteiger partial charge < -0.3 is 14.5 Å². The molecule has 0 atom stereocenters. The van der Waals surface area contributed by atoms with Crippen molar-refractivity contribution in [2.45, 2.75) is 19.8 Å². The fourth-order valence-electron chi connectivity index (χ4n) is 3.23. The molecule has 6 nitrogen and oxygen atoms in total. The summed E-state index contributed by atoms with van der Waals surface area (Å²) < 4.78 is 20.0. The first-order valence-corrected chi connectivity index (χ1v) is 9.71. The molecule has 1 heterocycles. The number of hydrogen-bond donors (Lipinski definition) is 1. The zero-order valence-corrected chi connectivity index (χ0v) is 17.1. The van der Waals surface area contributed by atoms with Crippen molar-refractivity contribution < 1.29 is 13.9 Å². The zero-order chi connectivity index (χ0) is 20.8. The van der Waals surface area contributed by atoms with E-state index >= 15 is 0 Å². The molecule has 0 radical (unpaired) electrons. The third-order valence-corrected chi connectivity index (χ3v) is 4.88. The monoisotopic (exact) mass is 398 g/mol. The molecule has 1 amide bonds. The molecule has 1 N–H and O–H groups in total. The molecule has 29 heavy (non-hydrogen) atoms. The van der Waals surface area contributed by atoms with Crippen molar-refractivity contribution in [1.29, 1.82) is 0 Å². The molecule has 0 spiro atoms. The van der Waals surface area contributed by atoms with E-state index in [1.807, 2.05) is 50.2 Å². The van der Waals surface area contributed by atoms with Gasteiger partial charge >= 0.3 is 0 Å². The summed E-state index contributed by atoms with van der Waals surface area (Å²) in [7, 11) is 3.87. The molecule has 3 rings (SSSR count). The van der Waals surface area contributed by atoms with Crippen LogP contribution in [0.5, 0.6) is 5.75 Å². The van der Waals surface area contributed by atoms with Crippen LogP contribution in [0.1, 0.15) is 24.0 Å². The van der Waals surface area contributed by atoms with Gasteiger partial charge in [0, 0.05) is 44.5 Å². The Balaban J connectivity index is 1.54. The van der Waals surface area contributed by atoms with Crippen LogP contribution in [-0.2, 0) is 4.79 Å². The molecular weight excluding hydrogens is 371 g/mol. The standard InChI is InChI=1S/C22H27FN4O2/c1-16-11-21(27-9-4-5-10-27)20(23)12-17(16)14-24-25-22(28)15-29-19-8-6-7-18(13-19)26(2)3/h6-8,11-14H,4-5,9-10,15H2,1-3H3,(H,25,28). The lowest BCUT2D eigenvalue weighted by atomic mass is 10.1. The van der Waals surface area contributed by atoms with Crippen LogP contribution in [0.3, 0.4) is 0 Å². The Morgan fingerprint density at radius 3 is 2.76 bits per heavy atom. The summed E-state index contributed by atoms with van der Waals surface area (Å²) in [5.74, 6) is -0.0524. The molecule has 2 aromatic carbocycles. The highest BCUT2D eigenvalue weighted by atomic mass is 19.1. The number of carbonyl (C=O) groups is 1. The van der Waals surface area contributed by atoms with Gasteiger partial charge in [-0.05, 0) is 49.6 Å². The van der Waals surface area contributed by atoms with Crippen molar-refractivity contribution in [3.8, 4) is 5.75 Å². The Kier molecular flexibility index (Phi) is 6.69. The first-order chi connectivity index (χ1) is 13.9. The van der Waals surface area contributed by atoms with Crippen LogP contribution in [0.15, 0.2) is 41.5 Å². The molecule has 0 saturated carbocycles. The van der Waals surface area contributed by atoms with E-state index in [9.17, 15) is 9.18 Å². The van der Waals surface area contributed by atoms with Gasteiger partial charge in [-0.15, -0.1) is 0 Å². The lowest BCUT2D eigenvalue weighted by Crippen LogP contribution is -2.24. The van der Waals surface area contributed by atoms with Gasteiger partial charge in [0.15, 0.2) is 6.61 Å². The minimum atomic E-state index is -0.386. The SMILES string of the molecule is Cc1cc(N2CCCC2)c(F)cc1C=NNC(=O)COc1cccc(N(C)C)c1. The minimum Gasteiger partial charge on any atom is -0.484 e. The number of hydrazone groups is 1. The summed E-state index contributed by atoms with van der Waals surface area (Å²) in [6, 6.07) is 10.8. The van der Waals surface area contributed by atoms with E-state index in [-0.39, 0.29) is 18.3 Å². The number of rotatable bonds is 7. The third-order valence-electron chi connectivity index (χ3n) is 4.88. The van der Waals surface area contributed by atoms with E-state index < -0.39 is 0 Å². The van der Waals surface area contributed by atoms with Crippen LogP contribution < -0.4 is 20.0 Å². The number of halogens is 1. The number of benzene rings is 2. The van der Waals surface area contributed by atoms with Crippen LogP contribution in [0.4, 0.5) is 15.8 Å². The predicted molar refractivity (Wildman–Crippen MR) is 115 cm³/mol. The zero-order valence-electron chi connectivity index (χ0n) is 17.1. The Labute approximate surface area is 171 Å². The van der Waals surface area contributed by atoms with Gasteiger partial charge in [0.25, 0.3) is 5.91 Å². The predicted octanol–water partition coefficient (Wildman–Crippen LogP) is 3.33. The average molecular weight is 398 g/mol. The van der Waals surface area contributed by atoms with Gasteiger partial charge in [-0.1, -0.05) is 6.07 Å². The quantitative estimate of drug-likeness (QED) is 0.574. The highest BCUT2D eigenvalue weighted by molar-refractivity contribution is 5.85. The van der Waals surface area contributed by atoms with E-state index in [1.165, 1.54) is 12.3 Å². The Bertz CT molecular complexity index is 892. The number of aryl methyl sites for hydroxylation is 1. The molecule has 0 unspecified atom stereocenters. The van der Waals surface area contributed by atoms with Crippen molar-refractivity contribution in [3.63, 3.8) is 0 Å². The van der Waals surface area contributed by atoms with Gasteiger partial charge in [-0.2, -0.15) is 5.10 Å². The minimum absolute atomic E-state index is 0.157. The van der Waals surface area contributed by atoms with Crippen molar-refractivity contribution in [2.75, 3.05) is 43.6 Å². The lowest BCUT2D eigenvalue weighted by Gasteiger charge is -2.19. The van der Waals surface area contributed by atoms with E-state index in [1.54, 1.807) is 6.07 Å². The third kappa shape index (κ3) is 5.47. The Morgan fingerprint density at radius 2 is 2.03 bits per heavy atom. The fourth-order valence-corrected chi connectivity index (χ4v) is 3.23. The van der Waals surface area contributed by atoms with Crippen molar-refractivity contribution in [1.82, 2.24) is 5.43 Å². The normalized spacial score (nSPS) is 13.7. The van der Waals surface area contributed by atoms with Crippen molar-refractivity contribution in [3.05, 3.63) is 53.3 Å². The summed E-state index contributed by atoms with van der Waals surface area (Å²) in [4.78, 5) is 16.0. The highest BCUT2D eigenvalue weighted by Crippen LogP contribution is 2.26. The molecule has 2 aromatic rings. The second-order valence-electron chi connectivity index (χ2n) is 7.33. The fraction of sp³-hybridized carbons (Fsp3) is 0.364. The van der Waals surface area contributed by atoms with Crippen molar-refractivity contribution in [2.24, 2.45) is 5.10 Å². The van der Waals surface area contributed by atoms with Crippen LogP contribution in [0, 0.1) is 12.7 Å². The van der Waals surface area contributed by atoms with Gasteiger partial charge in [0.1, 0.15) is 11.6 Å². The average Bonchev–Trinajstić information content (AvgIpc) is 3.23. The van der Waals surface area contributed by atoms with Crippen molar-refractivity contribution >= 4 is 23.5 Å². The number of amides is 1. The largest absolute Gasteiger partial charge is 0.484 e. The second kappa shape index (κ2) is 9.41. The first-order valence-electron chi connectivity index (χ1n) is 9.71. The van der Waals surface area contributed by atoms with E-state index in [4.69, 9.17) is 4.74 Å². The van der Waals surface area contributed by atoms with Gasteiger partial charge in [-0.25, -0.2) is 9.82 Å². The second-order valence-corrected chi connectivity index (χ2v) is 7.33. The first kappa shape index (κ1) is 20.6. The van der Waals surface area contributed by atoms with Gasteiger partial charge in [0.05, 0.1) is 11.9 Å². The van der Waals surface area contributed by atoms with E-state index in [0.717, 1.165) is 37.2 Å². The van der Waals surface area contributed by atoms with Crippen LogP contribution in [0.2, 0.25) is 0 Å². The Morgan fingerprint density at radius 1 is 1.28 bits per heavy atom. The smallest absolute Gasteiger partial charge is 0.277 e. The number of hydrogen-bond acceptors (Lipinski definition) is 5. The highest BCUT2D eigenvalue weighted by Gasteiger charge is 2.17. The molecule has 1 aliphatic rings. The number of ether oxygens (including phenoxy) is 1. The number of carbonyl (C=O) groups excluding carboxylic acids is 1. The molecule has 1 saturated heterocycles. The topological polar surface area (TPSA) is 57.2 Å². The van der Waals surface area contributed by atoms with Crippen LogP contribution >= 0.6 is 0 Å². The molecule has 7 heteroatoms. The number of anilines is 2. The number of nitrogens with one attached hydrogen (secondary N) is 1. The van der Waals surface area contributed by atoms with Gasteiger partial charge in [0.2, 0.25) is 0 Å². The maximum Gasteiger partial charge on any atom is 0.277 e.